The molecule has 0 aliphatic carbocycles. The van der Waals surface area contributed by atoms with Gasteiger partial charge in [0.25, 0.3) is 0 Å². The summed E-state index contributed by atoms with van der Waals surface area (Å²) in [6.45, 7) is 5.60. The van der Waals surface area contributed by atoms with Crippen molar-refractivity contribution in [1.82, 2.24) is 9.80 Å². The Bertz CT molecular complexity index is 373. The summed E-state index contributed by atoms with van der Waals surface area (Å²) in [7, 11) is 2.16. The van der Waals surface area contributed by atoms with Crippen molar-refractivity contribution in [3.63, 3.8) is 0 Å². The topological polar surface area (TPSA) is 52.7 Å². The molecule has 17 heavy (non-hydrogen) atoms. The molecule has 1 aliphatic rings. The first kappa shape index (κ1) is 12.2. The number of piperazine rings is 1. The minimum absolute atomic E-state index is 0.242. The molecule has 1 saturated heterocycles. The third kappa shape index (κ3) is 3.35. The molecule has 0 radical (unpaired) electrons. The van der Waals surface area contributed by atoms with E-state index >= 15 is 0 Å². The van der Waals surface area contributed by atoms with E-state index in [1.54, 1.807) is 12.1 Å². The van der Waals surface area contributed by atoms with Gasteiger partial charge in [-0.05, 0) is 25.1 Å². The molecule has 1 fully saturated rings. The van der Waals surface area contributed by atoms with Crippen LogP contribution in [-0.4, -0.2) is 54.7 Å². The van der Waals surface area contributed by atoms with Gasteiger partial charge in [-0.15, -0.1) is 0 Å². The second-order valence-corrected chi connectivity index (χ2v) is 4.78. The Morgan fingerprint density at radius 3 is 2.59 bits per heavy atom. The molecular weight excluding hydrogens is 214 g/mol. The van der Waals surface area contributed by atoms with Crippen LogP contribution in [0.1, 0.15) is 5.56 Å². The van der Waals surface area contributed by atoms with Gasteiger partial charge in [-0.25, -0.2) is 0 Å². The third-order valence-corrected chi connectivity index (χ3v) is 3.42. The highest BCUT2D eigenvalue weighted by molar-refractivity contribution is 5.51. The van der Waals surface area contributed by atoms with Gasteiger partial charge in [-0.1, -0.05) is 6.07 Å². The Morgan fingerprint density at radius 1 is 1.24 bits per heavy atom. The molecule has 0 unspecified atom stereocenters. The molecule has 0 amide bonds. The van der Waals surface area contributed by atoms with Gasteiger partial charge < -0.3 is 20.6 Å². The molecule has 0 spiro atoms. The first-order valence-electron chi connectivity index (χ1n) is 6.13. The first-order valence-corrected chi connectivity index (χ1v) is 6.13. The summed E-state index contributed by atoms with van der Waals surface area (Å²) in [6.07, 6.45) is 0.954. The Labute approximate surface area is 103 Å². The summed E-state index contributed by atoms with van der Waals surface area (Å²) in [6, 6.07) is 5.25. The summed E-state index contributed by atoms with van der Waals surface area (Å²) in [5.74, 6) is 0.242. The summed E-state index contributed by atoms with van der Waals surface area (Å²) >= 11 is 0. The van der Waals surface area contributed by atoms with Crippen molar-refractivity contribution in [3.05, 3.63) is 23.8 Å². The van der Waals surface area contributed by atoms with Crippen LogP contribution in [-0.2, 0) is 6.42 Å². The summed E-state index contributed by atoms with van der Waals surface area (Å²) < 4.78 is 0. The van der Waals surface area contributed by atoms with Crippen LogP contribution >= 0.6 is 0 Å². The fourth-order valence-corrected chi connectivity index (χ4v) is 2.16. The van der Waals surface area contributed by atoms with Crippen LogP contribution in [0.25, 0.3) is 0 Å². The predicted octanol–water partition coefficient (Wildman–Crippen LogP) is 0.764. The van der Waals surface area contributed by atoms with Gasteiger partial charge in [0.05, 0.1) is 0 Å². The summed E-state index contributed by atoms with van der Waals surface area (Å²) in [5.41, 5.74) is 7.69. The van der Waals surface area contributed by atoms with Crippen LogP contribution < -0.4 is 5.73 Å². The monoisotopic (exact) mass is 235 g/mol. The fraction of sp³-hybridized carbons (Fsp3) is 0.538. The van der Waals surface area contributed by atoms with Crippen LogP contribution in [0.15, 0.2) is 18.2 Å². The van der Waals surface area contributed by atoms with Gasteiger partial charge in [-0.3, -0.25) is 0 Å². The van der Waals surface area contributed by atoms with E-state index in [0.29, 0.717) is 5.69 Å². The standard InChI is InChI=1S/C13H21N3O/c1-15-6-8-16(9-7-15)5-4-11-2-3-12(17)10-13(11)14/h2-3,10,17H,4-9,14H2,1H3. The summed E-state index contributed by atoms with van der Waals surface area (Å²) in [4.78, 5) is 4.82. The van der Waals surface area contributed by atoms with E-state index in [0.717, 1.165) is 44.7 Å². The SMILES string of the molecule is CN1CCN(CCc2ccc(O)cc2N)CC1. The number of hydrogen-bond acceptors (Lipinski definition) is 4. The minimum Gasteiger partial charge on any atom is -0.508 e. The average Bonchev–Trinajstić information content (AvgIpc) is 2.30. The van der Waals surface area contributed by atoms with Crippen LogP contribution in [0, 0.1) is 0 Å². The maximum Gasteiger partial charge on any atom is 0.117 e. The quantitative estimate of drug-likeness (QED) is 0.760. The number of aromatic hydroxyl groups is 1. The lowest BCUT2D eigenvalue weighted by molar-refractivity contribution is 0.155. The molecule has 1 heterocycles. The highest BCUT2D eigenvalue weighted by Crippen LogP contribution is 2.19. The molecule has 2 rings (SSSR count). The van der Waals surface area contributed by atoms with Gasteiger partial charge in [0, 0.05) is 44.5 Å². The fourth-order valence-electron chi connectivity index (χ4n) is 2.16. The lowest BCUT2D eigenvalue weighted by atomic mass is 10.1. The second kappa shape index (κ2) is 5.38. The van der Waals surface area contributed by atoms with Crippen molar-refractivity contribution in [2.75, 3.05) is 45.5 Å². The van der Waals surface area contributed by atoms with E-state index in [1.807, 2.05) is 6.07 Å². The zero-order valence-electron chi connectivity index (χ0n) is 10.4. The largest absolute Gasteiger partial charge is 0.508 e. The molecule has 0 bridgehead atoms. The van der Waals surface area contributed by atoms with Crippen molar-refractivity contribution in [3.8, 4) is 5.75 Å². The molecule has 0 atom stereocenters. The number of nitrogens with zero attached hydrogens (tertiary/aromatic N) is 2. The smallest absolute Gasteiger partial charge is 0.117 e. The highest BCUT2D eigenvalue weighted by Gasteiger charge is 2.13. The van der Waals surface area contributed by atoms with Crippen molar-refractivity contribution in [2.45, 2.75) is 6.42 Å². The predicted molar refractivity (Wildman–Crippen MR) is 70.2 cm³/mol. The molecule has 1 aromatic carbocycles. The number of likely N-dealkylation sites (N-methyl/N-ethyl adjacent to an activating group) is 1. The second-order valence-electron chi connectivity index (χ2n) is 4.78. The normalized spacial score (nSPS) is 18.4. The average molecular weight is 235 g/mol. The van der Waals surface area contributed by atoms with Crippen molar-refractivity contribution >= 4 is 5.69 Å². The van der Waals surface area contributed by atoms with Gasteiger partial charge in [0.2, 0.25) is 0 Å². The van der Waals surface area contributed by atoms with Crippen molar-refractivity contribution in [2.24, 2.45) is 0 Å². The number of nitrogen functional groups attached to an aromatic ring is 1. The molecule has 4 nitrogen and oxygen atoms in total. The number of phenols is 1. The van der Waals surface area contributed by atoms with Crippen LogP contribution in [0.4, 0.5) is 5.69 Å². The zero-order valence-corrected chi connectivity index (χ0v) is 10.4. The first-order chi connectivity index (χ1) is 8.15. The highest BCUT2D eigenvalue weighted by atomic mass is 16.3. The molecule has 3 N–H and O–H groups in total. The summed E-state index contributed by atoms with van der Waals surface area (Å²) in [5, 5.41) is 9.29. The lowest BCUT2D eigenvalue weighted by Gasteiger charge is -2.32. The number of nitrogens with two attached hydrogens (primary N) is 1. The van der Waals surface area contributed by atoms with E-state index in [2.05, 4.69) is 16.8 Å². The van der Waals surface area contributed by atoms with Gasteiger partial charge >= 0.3 is 0 Å². The van der Waals surface area contributed by atoms with Crippen LogP contribution in [0.3, 0.4) is 0 Å². The van der Waals surface area contributed by atoms with Gasteiger partial charge in [0.1, 0.15) is 5.75 Å². The van der Waals surface area contributed by atoms with Gasteiger partial charge in [0.15, 0.2) is 0 Å². The Morgan fingerprint density at radius 2 is 1.94 bits per heavy atom. The van der Waals surface area contributed by atoms with Gasteiger partial charge in [-0.2, -0.15) is 0 Å². The van der Waals surface area contributed by atoms with E-state index in [1.165, 1.54) is 0 Å². The molecular formula is C13H21N3O. The van der Waals surface area contributed by atoms with Crippen LogP contribution in [0.5, 0.6) is 5.75 Å². The van der Waals surface area contributed by atoms with E-state index < -0.39 is 0 Å². The van der Waals surface area contributed by atoms with E-state index in [-0.39, 0.29) is 5.75 Å². The van der Waals surface area contributed by atoms with E-state index in [9.17, 15) is 5.11 Å². The Hall–Kier alpha value is -1.26. The van der Waals surface area contributed by atoms with Crippen molar-refractivity contribution < 1.29 is 5.11 Å². The molecule has 1 aliphatic heterocycles. The number of phenolic OH excluding ortho intramolecular Hbond substituents is 1. The lowest BCUT2D eigenvalue weighted by Crippen LogP contribution is -2.45. The molecule has 0 aromatic heterocycles. The molecule has 94 valence electrons. The Kier molecular flexibility index (Phi) is 3.86. The van der Waals surface area contributed by atoms with Crippen molar-refractivity contribution in [1.29, 1.82) is 0 Å². The Balaban J connectivity index is 1.85. The third-order valence-electron chi connectivity index (χ3n) is 3.42. The molecule has 0 saturated carbocycles. The zero-order chi connectivity index (χ0) is 12.3. The molecule has 4 heteroatoms. The maximum atomic E-state index is 9.29. The minimum atomic E-state index is 0.242. The number of anilines is 1. The number of hydrogen-bond donors (Lipinski definition) is 2. The van der Waals surface area contributed by atoms with Crippen LogP contribution in [0.2, 0.25) is 0 Å². The molecule has 1 aromatic rings. The number of rotatable bonds is 3. The van der Waals surface area contributed by atoms with E-state index in [4.69, 9.17) is 5.73 Å². The maximum absolute atomic E-state index is 9.29. The number of benzene rings is 1.